The van der Waals surface area contributed by atoms with Gasteiger partial charge in [0.2, 0.25) is 0 Å². The average Bonchev–Trinajstić information content (AvgIpc) is 2.37. The Balaban J connectivity index is 3.19. The molecule has 0 bridgehead atoms. The third kappa shape index (κ3) is 3.22. The molecule has 19 heavy (non-hydrogen) atoms. The van der Waals surface area contributed by atoms with Crippen LogP contribution in [0.25, 0.3) is 0 Å². The molecule has 2 nitrogen and oxygen atoms in total. The second-order valence-electron chi connectivity index (χ2n) is 5.03. The molecule has 0 unspecified atom stereocenters. The Kier molecular flexibility index (Phi) is 5.63. The highest BCUT2D eigenvalue weighted by Gasteiger charge is 2.38. The van der Waals surface area contributed by atoms with Crippen molar-refractivity contribution < 1.29 is 8.42 Å². The first-order chi connectivity index (χ1) is 8.83. The van der Waals surface area contributed by atoms with Gasteiger partial charge in [-0.1, -0.05) is 48.8 Å². The van der Waals surface area contributed by atoms with Gasteiger partial charge in [0.1, 0.15) is 0 Å². The summed E-state index contributed by atoms with van der Waals surface area (Å²) >= 11 is 3.46. The second kappa shape index (κ2) is 6.40. The van der Waals surface area contributed by atoms with Crippen molar-refractivity contribution in [1.82, 2.24) is 0 Å². The first-order valence-corrected chi connectivity index (χ1v) is 9.24. The monoisotopic (exact) mass is 346 g/mol. The van der Waals surface area contributed by atoms with Gasteiger partial charge < -0.3 is 0 Å². The maximum atomic E-state index is 12.8. The highest BCUT2D eigenvalue weighted by molar-refractivity contribution is 9.10. The van der Waals surface area contributed by atoms with E-state index in [1.54, 1.807) is 0 Å². The molecule has 1 aromatic rings. The lowest BCUT2D eigenvalue weighted by Crippen LogP contribution is -2.37. The Morgan fingerprint density at radius 3 is 2.11 bits per heavy atom. The summed E-state index contributed by atoms with van der Waals surface area (Å²) in [6.07, 6.45) is 2.03. The van der Waals surface area contributed by atoms with Crippen molar-refractivity contribution in [3.05, 3.63) is 33.8 Å². The maximum absolute atomic E-state index is 12.8. The average molecular weight is 347 g/mol. The molecule has 0 spiro atoms. The number of rotatable bonds is 6. The fourth-order valence-corrected chi connectivity index (χ4v) is 5.33. The van der Waals surface area contributed by atoms with Crippen LogP contribution in [-0.4, -0.2) is 13.2 Å². The van der Waals surface area contributed by atoms with E-state index in [-0.39, 0.29) is 5.75 Å². The minimum absolute atomic E-state index is 0.133. The van der Waals surface area contributed by atoms with Crippen molar-refractivity contribution in [2.24, 2.45) is 0 Å². The Hall–Kier alpha value is -0.350. The third-order valence-electron chi connectivity index (χ3n) is 4.32. The lowest BCUT2D eigenvalue weighted by Gasteiger charge is -2.30. The highest BCUT2D eigenvalue weighted by atomic mass is 79.9. The summed E-state index contributed by atoms with van der Waals surface area (Å²) in [6.45, 7) is 7.87. The van der Waals surface area contributed by atoms with Crippen molar-refractivity contribution in [3.63, 3.8) is 0 Å². The minimum atomic E-state index is -3.15. The number of halogens is 1. The van der Waals surface area contributed by atoms with Crippen LogP contribution in [0.2, 0.25) is 0 Å². The van der Waals surface area contributed by atoms with Crippen molar-refractivity contribution in [2.45, 2.75) is 57.5 Å². The quantitative estimate of drug-likeness (QED) is 0.751. The van der Waals surface area contributed by atoms with Gasteiger partial charge in [-0.3, -0.25) is 0 Å². The first kappa shape index (κ1) is 16.7. The number of sulfone groups is 1. The molecule has 0 fully saturated rings. The van der Waals surface area contributed by atoms with Crippen LogP contribution in [0.3, 0.4) is 0 Å². The molecule has 0 atom stereocenters. The van der Waals surface area contributed by atoms with Crippen molar-refractivity contribution in [2.75, 3.05) is 0 Å². The van der Waals surface area contributed by atoms with Gasteiger partial charge in [0, 0.05) is 4.47 Å². The van der Waals surface area contributed by atoms with Crippen LogP contribution in [0.15, 0.2) is 22.7 Å². The maximum Gasteiger partial charge on any atom is 0.160 e. The number of hydrogen-bond donors (Lipinski definition) is 0. The van der Waals surface area contributed by atoms with Gasteiger partial charge in [-0.2, -0.15) is 0 Å². The molecule has 0 aliphatic carbocycles. The second-order valence-corrected chi connectivity index (χ2v) is 8.27. The van der Waals surface area contributed by atoms with Crippen molar-refractivity contribution in [1.29, 1.82) is 0 Å². The van der Waals surface area contributed by atoms with E-state index in [2.05, 4.69) is 15.9 Å². The summed E-state index contributed by atoms with van der Waals surface area (Å²) in [5, 5.41) is 0. The Morgan fingerprint density at radius 1 is 1.11 bits per heavy atom. The molecular weight excluding hydrogens is 324 g/mol. The third-order valence-corrected chi connectivity index (χ3v) is 8.05. The molecule has 0 saturated heterocycles. The molecular formula is C15H23BrO2S. The largest absolute Gasteiger partial charge is 0.228 e. The van der Waals surface area contributed by atoms with Gasteiger partial charge in [-0.05, 0) is 43.4 Å². The number of hydrogen-bond acceptors (Lipinski definition) is 2. The molecule has 1 aromatic carbocycles. The zero-order valence-corrected chi connectivity index (χ0v) is 14.6. The Labute approximate surface area is 125 Å². The topological polar surface area (TPSA) is 34.1 Å². The molecule has 0 saturated carbocycles. The summed E-state index contributed by atoms with van der Waals surface area (Å²) < 4.78 is 25.9. The van der Waals surface area contributed by atoms with Gasteiger partial charge in [-0.15, -0.1) is 0 Å². The number of benzene rings is 1. The summed E-state index contributed by atoms with van der Waals surface area (Å²) in [5.74, 6) is 0.133. The fraction of sp³-hybridized carbons (Fsp3) is 0.600. The molecule has 4 heteroatoms. The molecule has 0 aliphatic heterocycles. The van der Waals surface area contributed by atoms with Crippen LogP contribution in [0.5, 0.6) is 0 Å². The smallest absolute Gasteiger partial charge is 0.160 e. The Morgan fingerprint density at radius 2 is 1.63 bits per heavy atom. The summed E-state index contributed by atoms with van der Waals surface area (Å²) in [4.78, 5) is 0. The standard InChI is InChI=1S/C15H23BrO2S/c1-5-15(6-2,7-3)19(17,18)11-13-9-8-10-14(16)12(13)4/h8-10H,5-7,11H2,1-4H3. The lowest BCUT2D eigenvalue weighted by molar-refractivity contribution is 0.467. The van der Waals surface area contributed by atoms with E-state index in [0.29, 0.717) is 19.3 Å². The lowest BCUT2D eigenvalue weighted by atomic mass is 9.99. The minimum Gasteiger partial charge on any atom is -0.228 e. The van der Waals surface area contributed by atoms with Crippen LogP contribution in [0, 0.1) is 6.92 Å². The van der Waals surface area contributed by atoms with Crippen LogP contribution in [-0.2, 0) is 15.6 Å². The van der Waals surface area contributed by atoms with Gasteiger partial charge in [-0.25, -0.2) is 8.42 Å². The van der Waals surface area contributed by atoms with Crippen molar-refractivity contribution in [3.8, 4) is 0 Å². The highest BCUT2D eigenvalue weighted by Crippen LogP contribution is 2.33. The van der Waals surface area contributed by atoms with E-state index < -0.39 is 14.6 Å². The predicted molar refractivity (Wildman–Crippen MR) is 85.1 cm³/mol. The van der Waals surface area contributed by atoms with E-state index in [4.69, 9.17) is 0 Å². The fourth-order valence-electron chi connectivity index (χ4n) is 2.58. The Bertz CT molecular complexity index is 523. The van der Waals surface area contributed by atoms with Crippen molar-refractivity contribution >= 4 is 25.8 Å². The van der Waals surface area contributed by atoms with Gasteiger partial charge in [0.25, 0.3) is 0 Å². The van der Waals surface area contributed by atoms with Crippen LogP contribution in [0.1, 0.15) is 51.2 Å². The van der Waals surface area contributed by atoms with E-state index in [1.165, 1.54) is 0 Å². The van der Waals surface area contributed by atoms with Gasteiger partial charge in [0.05, 0.1) is 10.5 Å². The predicted octanol–water partition coefficient (Wildman–Crippen LogP) is 4.64. The van der Waals surface area contributed by atoms with E-state index >= 15 is 0 Å². The van der Waals surface area contributed by atoms with Gasteiger partial charge in [0.15, 0.2) is 9.84 Å². The zero-order chi connectivity index (χ0) is 14.7. The normalized spacial score (nSPS) is 12.7. The molecule has 0 aromatic heterocycles. The van der Waals surface area contributed by atoms with Crippen LogP contribution < -0.4 is 0 Å². The zero-order valence-electron chi connectivity index (χ0n) is 12.2. The van der Waals surface area contributed by atoms with E-state index in [1.807, 2.05) is 45.9 Å². The molecule has 1 rings (SSSR count). The van der Waals surface area contributed by atoms with Crippen LogP contribution >= 0.6 is 15.9 Å². The summed E-state index contributed by atoms with van der Waals surface area (Å²) in [7, 11) is -3.15. The first-order valence-electron chi connectivity index (χ1n) is 6.79. The van der Waals surface area contributed by atoms with E-state index in [9.17, 15) is 8.42 Å². The summed E-state index contributed by atoms with van der Waals surface area (Å²) in [6, 6.07) is 5.75. The molecule has 0 amide bonds. The van der Waals surface area contributed by atoms with Gasteiger partial charge >= 0.3 is 0 Å². The molecule has 0 heterocycles. The molecule has 108 valence electrons. The summed E-state index contributed by atoms with van der Waals surface area (Å²) in [5.41, 5.74) is 1.91. The molecule has 0 aliphatic rings. The van der Waals surface area contributed by atoms with E-state index in [0.717, 1.165) is 15.6 Å². The SMILES string of the molecule is CCC(CC)(CC)S(=O)(=O)Cc1cccc(Br)c1C. The molecule has 0 N–H and O–H groups in total. The molecule has 0 radical (unpaired) electrons. The van der Waals surface area contributed by atoms with Crippen LogP contribution in [0.4, 0.5) is 0 Å².